The molecule has 2 rings (SSSR count). The van der Waals surface area contributed by atoms with E-state index in [1.165, 1.54) is 24.1 Å². The molecule has 76 valence electrons. The van der Waals surface area contributed by atoms with Gasteiger partial charge in [0.1, 0.15) is 5.82 Å². The molecule has 0 aliphatic carbocycles. The van der Waals surface area contributed by atoms with Gasteiger partial charge >= 0.3 is 0 Å². The van der Waals surface area contributed by atoms with Gasteiger partial charge in [0.05, 0.1) is 6.61 Å². The molecule has 0 bridgehead atoms. The summed E-state index contributed by atoms with van der Waals surface area (Å²) >= 11 is 0. The maximum atomic E-state index is 12.7. The van der Waals surface area contributed by atoms with Gasteiger partial charge in [-0.3, -0.25) is 0 Å². The van der Waals surface area contributed by atoms with Gasteiger partial charge in [-0.1, -0.05) is 18.6 Å². The zero-order chi connectivity index (χ0) is 9.80. The Bertz CT molecular complexity index is 273. The fraction of sp³-hybridized carbons (Fsp3) is 0.500. The minimum absolute atomic E-state index is 0.164. The van der Waals surface area contributed by atoms with Crippen molar-refractivity contribution in [3.63, 3.8) is 0 Å². The molecule has 0 saturated carbocycles. The molecule has 1 aliphatic rings. The number of halogens is 1. The Kier molecular flexibility index (Phi) is 3.14. The molecule has 1 unspecified atom stereocenters. The summed E-state index contributed by atoms with van der Waals surface area (Å²) in [6.07, 6.45) is 3.52. The topological polar surface area (TPSA) is 9.23 Å². The molecule has 0 radical (unpaired) electrons. The lowest BCUT2D eigenvalue weighted by molar-refractivity contribution is 0.134. The zero-order valence-electron chi connectivity index (χ0n) is 8.21. The molecule has 1 aromatic carbocycles. The summed E-state index contributed by atoms with van der Waals surface area (Å²) in [5.74, 6) is 0.293. The van der Waals surface area contributed by atoms with Crippen molar-refractivity contribution in [3.8, 4) is 0 Å². The molecule has 2 heteroatoms. The Labute approximate surface area is 83.9 Å². The second-order valence-corrected chi connectivity index (χ2v) is 3.82. The predicted molar refractivity (Wildman–Crippen MR) is 53.8 cm³/mol. The number of rotatable bonds is 1. The molecule has 0 amide bonds. The zero-order valence-corrected chi connectivity index (χ0v) is 8.21. The first kappa shape index (κ1) is 9.66. The minimum Gasteiger partial charge on any atom is -0.381 e. The predicted octanol–water partition coefficient (Wildman–Crippen LogP) is 3.11. The normalized spacial score (nSPS) is 23.1. The Morgan fingerprint density at radius 1 is 1.14 bits per heavy atom. The van der Waals surface area contributed by atoms with Crippen molar-refractivity contribution in [2.45, 2.75) is 25.2 Å². The summed E-state index contributed by atoms with van der Waals surface area (Å²) in [6, 6.07) is 6.80. The molecule has 1 fully saturated rings. The number of benzene rings is 1. The third-order valence-corrected chi connectivity index (χ3v) is 2.75. The third-order valence-electron chi connectivity index (χ3n) is 2.75. The first-order valence-corrected chi connectivity index (χ1v) is 5.19. The van der Waals surface area contributed by atoms with Crippen molar-refractivity contribution < 1.29 is 9.13 Å². The van der Waals surface area contributed by atoms with E-state index in [0.717, 1.165) is 26.1 Å². The van der Waals surface area contributed by atoms with Gasteiger partial charge in [0.15, 0.2) is 0 Å². The highest BCUT2D eigenvalue weighted by atomic mass is 19.1. The lowest BCUT2D eigenvalue weighted by Crippen LogP contribution is -2.04. The second-order valence-electron chi connectivity index (χ2n) is 3.82. The van der Waals surface area contributed by atoms with E-state index in [0.29, 0.717) is 5.92 Å². The van der Waals surface area contributed by atoms with Gasteiger partial charge in [-0.25, -0.2) is 4.39 Å². The Hall–Kier alpha value is -0.890. The van der Waals surface area contributed by atoms with Crippen LogP contribution >= 0.6 is 0 Å². The number of hydrogen-bond donors (Lipinski definition) is 0. The van der Waals surface area contributed by atoms with Crippen LogP contribution in [-0.4, -0.2) is 13.2 Å². The van der Waals surface area contributed by atoms with Crippen LogP contribution in [0.4, 0.5) is 4.39 Å². The van der Waals surface area contributed by atoms with E-state index < -0.39 is 0 Å². The summed E-state index contributed by atoms with van der Waals surface area (Å²) in [4.78, 5) is 0. The van der Waals surface area contributed by atoms with E-state index in [9.17, 15) is 4.39 Å². The van der Waals surface area contributed by atoms with Crippen LogP contribution in [-0.2, 0) is 4.74 Å². The van der Waals surface area contributed by atoms with Crippen LogP contribution in [0.3, 0.4) is 0 Å². The fourth-order valence-electron chi connectivity index (χ4n) is 1.90. The van der Waals surface area contributed by atoms with E-state index in [4.69, 9.17) is 4.74 Å². The molecular weight excluding hydrogens is 179 g/mol. The van der Waals surface area contributed by atoms with Crippen LogP contribution in [0, 0.1) is 5.82 Å². The third kappa shape index (κ3) is 2.32. The van der Waals surface area contributed by atoms with Gasteiger partial charge in [-0.05, 0) is 30.5 Å². The van der Waals surface area contributed by atoms with Gasteiger partial charge in [-0.2, -0.15) is 0 Å². The first-order valence-electron chi connectivity index (χ1n) is 5.19. The van der Waals surface area contributed by atoms with E-state index in [-0.39, 0.29) is 5.82 Å². The molecule has 1 nitrogen and oxygen atoms in total. The fourth-order valence-corrected chi connectivity index (χ4v) is 1.90. The minimum atomic E-state index is -0.164. The Morgan fingerprint density at radius 2 is 1.93 bits per heavy atom. The van der Waals surface area contributed by atoms with E-state index in [2.05, 4.69) is 0 Å². The lowest BCUT2D eigenvalue weighted by atomic mass is 9.95. The van der Waals surface area contributed by atoms with Crippen LogP contribution < -0.4 is 0 Å². The highest BCUT2D eigenvalue weighted by molar-refractivity contribution is 5.20. The SMILES string of the molecule is Fc1ccc(C2CCCCOC2)cc1. The summed E-state index contributed by atoms with van der Waals surface area (Å²) in [5, 5.41) is 0. The van der Waals surface area contributed by atoms with E-state index >= 15 is 0 Å². The quantitative estimate of drug-likeness (QED) is 0.667. The average Bonchev–Trinajstić information content (AvgIpc) is 2.47. The van der Waals surface area contributed by atoms with Crippen molar-refractivity contribution in [3.05, 3.63) is 35.6 Å². The first-order chi connectivity index (χ1) is 6.86. The van der Waals surface area contributed by atoms with Crippen LogP contribution in [0.15, 0.2) is 24.3 Å². The van der Waals surface area contributed by atoms with Crippen molar-refractivity contribution in [1.29, 1.82) is 0 Å². The van der Waals surface area contributed by atoms with Crippen molar-refractivity contribution in [2.24, 2.45) is 0 Å². The van der Waals surface area contributed by atoms with E-state index in [1.807, 2.05) is 12.1 Å². The maximum Gasteiger partial charge on any atom is 0.123 e. The lowest BCUT2D eigenvalue weighted by Gasteiger charge is -2.13. The Balaban J connectivity index is 2.08. The molecule has 0 aromatic heterocycles. The molecule has 14 heavy (non-hydrogen) atoms. The summed E-state index contributed by atoms with van der Waals surface area (Å²) in [6.45, 7) is 1.66. The van der Waals surface area contributed by atoms with Crippen molar-refractivity contribution in [1.82, 2.24) is 0 Å². The van der Waals surface area contributed by atoms with Gasteiger partial charge in [0, 0.05) is 12.5 Å². The molecule has 1 aromatic rings. The van der Waals surface area contributed by atoms with Crippen molar-refractivity contribution in [2.75, 3.05) is 13.2 Å². The number of hydrogen-bond acceptors (Lipinski definition) is 1. The van der Waals surface area contributed by atoms with Crippen LogP contribution in [0.5, 0.6) is 0 Å². The highest BCUT2D eigenvalue weighted by Gasteiger charge is 2.14. The van der Waals surface area contributed by atoms with Crippen LogP contribution in [0.2, 0.25) is 0 Å². The van der Waals surface area contributed by atoms with Gasteiger partial charge < -0.3 is 4.74 Å². The highest BCUT2D eigenvalue weighted by Crippen LogP contribution is 2.25. The number of ether oxygens (including phenoxy) is 1. The molecule has 0 spiro atoms. The molecule has 1 heterocycles. The summed E-state index contributed by atoms with van der Waals surface area (Å²) in [5.41, 5.74) is 1.20. The van der Waals surface area contributed by atoms with Crippen LogP contribution in [0.1, 0.15) is 30.7 Å². The molecular formula is C12H15FO. The molecule has 1 saturated heterocycles. The smallest absolute Gasteiger partial charge is 0.123 e. The largest absolute Gasteiger partial charge is 0.381 e. The van der Waals surface area contributed by atoms with Gasteiger partial charge in [-0.15, -0.1) is 0 Å². The summed E-state index contributed by atoms with van der Waals surface area (Å²) in [7, 11) is 0. The molecule has 0 N–H and O–H groups in total. The van der Waals surface area contributed by atoms with Gasteiger partial charge in [0.25, 0.3) is 0 Å². The monoisotopic (exact) mass is 194 g/mol. The molecule has 1 aliphatic heterocycles. The van der Waals surface area contributed by atoms with Crippen molar-refractivity contribution >= 4 is 0 Å². The molecule has 1 atom stereocenters. The van der Waals surface area contributed by atoms with E-state index in [1.54, 1.807) is 0 Å². The maximum absolute atomic E-state index is 12.7. The second kappa shape index (κ2) is 4.56. The van der Waals surface area contributed by atoms with Crippen LogP contribution in [0.25, 0.3) is 0 Å². The standard InChI is InChI=1S/C12H15FO/c13-12-6-4-10(5-7-12)11-3-1-2-8-14-9-11/h4-7,11H,1-3,8-9H2. The van der Waals surface area contributed by atoms with Gasteiger partial charge in [0.2, 0.25) is 0 Å². The Morgan fingerprint density at radius 3 is 2.71 bits per heavy atom. The summed E-state index contributed by atoms with van der Waals surface area (Å²) < 4.78 is 18.2. The average molecular weight is 194 g/mol.